The van der Waals surface area contributed by atoms with E-state index in [2.05, 4.69) is 23.7 Å². The molecule has 1 aromatic rings. The van der Waals surface area contributed by atoms with Crippen LogP contribution in [0.15, 0.2) is 59.4 Å². The van der Waals surface area contributed by atoms with Gasteiger partial charge in [0.15, 0.2) is 0 Å². The second-order valence-electron chi connectivity index (χ2n) is 4.34. The van der Waals surface area contributed by atoms with Crippen LogP contribution in [0.3, 0.4) is 0 Å². The molecule has 2 rings (SSSR count). The van der Waals surface area contributed by atoms with E-state index in [1.807, 2.05) is 30.1 Å². The zero-order valence-corrected chi connectivity index (χ0v) is 10.4. The second-order valence-corrected chi connectivity index (χ2v) is 4.34. The van der Waals surface area contributed by atoms with Crippen LogP contribution in [0.25, 0.3) is 0 Å². The van der Waals surface area contributed by atoms with Crippen LogP contribution in [0, 0.1) is 0 Å². The van der Waals surface area contributed by atoms with E-state index in [0.717, 1.165) is 12.2 Å². The summed E-state index contributed by atoms with van der Waals surface area (Å²) in [7, 11) is 1.94. The number of likely N-dealkylation sites (N-methyl/N-ethyl adjacent to an activating group) is 1. The summed E-state index contributed by atoms with van der Waals surface area (Å²) in [6, 6.07) is 10.1. The number of aliphatic hydroxyl groups is 1. The van der Waals surface area contributed by atoms with Gasteiger partial charge < -0.3 is 15.7 Å². The Morgan fingerprint density at radius 3 is 2.72 bits per heavy atom. The van der Waals surface area contributed by atoms with Crippen molar-refractivity contribution in [3.05, 3.63) is 59.9 Å². The molecule has 0 saturated heterocycles. The molecule has 0 aromatic heterocycles. The van der Waals surface area contributed by atoms with E-state index in [1.165, 1.54) is 5.56 Å². The van der Waals surface area contributed by atoms with Crippen molar-refractivity contribution in [2.75, 3.05) is 7.05 Å². The molecule has 1 unspecified atom stereocenters. The summed E-state index contributed by atoms with van der Waals surface area (Å²) in [6.07, 6.45) is 0.760. The molecule has 0 radical (unpaired) electrons. The fourth-order valence-electron chi connectivity index (χ4n) is 1.89. The molecular formula is C14H17N3O. The molecule has 1 aromatic carbocycles. The number of rotatable bonds is 3. The van der Waals surface area contributed by atoms with Crippen molar-refractivity contribution in [1.82, 2.24) is 4.90 Å². The Morgan fingerprint density at radius 1 is 1.39 bits per heavy atom. The third-order valence-corrected chi connectivity index (χ3v) is 2.95. The normalized spacial score (nSPS) is 19.2. The molecular weight excluding hydrogens is 226 g/mol. The van der Waals surface area contributed by atoms with Crippen LogP contribution in [0.1, 0.15) is 5.56 Å². The summed E-state index contributed by atoms with van der Waals surface area (Å²) in [5.74, 6) is 0.192. The van der Waals surface area contributed by atoms with E-state index in [1.54, 1.807) is 6.20 Å². The number of amidine groups is 1. The van der Waals surface area contributed by atoms with Crippen LogP contribution in [0.2, 0.25) is 0 Å². The van der Waals surface area contributed by atoms with E-state index in [4.69, 9.17) is 5.73 Å². The number of aliphatic imine (C=N–C) groups is 1. The maximum atomic E-state index is 9.81. The average Bonchev–Trinajstić information content (AvgIpc) is 2.37. The van der Waals surface area contributed by atoms with Crippen molar-refractivity contribution in [3.8, 4) is 0 Å². The quantitative estimate of drug-likeness (QED) is 0.840. The molecule has 18 heavy (non-hydrogen) atoms. The molecule has 0 bridgehead atoms. The van der Waals surface area contributed by atoms with E-state index >= 15 is 0 Å². The lowest BCUT2D eigenvalue weighted by Gasteiger charge is -2.28. The lowest BCUT2D eigenvalue weighted by Crippen LogP contribution is -2.35. The predicted molar refractivity (Wildman–Crippen MR) is 72.8 cm³/mol. The van der Waals surface area contributed by atoms with Crippen molar-refractivity contribution in [2.45, 2.75) is 12.6 Å². The zero-order chi connectivity index (χ0) is 13.1. The molecule has 1 aliphatic heterocycles. The van der Waals surface area contributed by atoms with E-state index < -0.39 is 6.10 Å². The minimum absolute atomic E-state index is 0.192. The summed E-state index contributed by atoms with van der Waals surface area (Å²) in [5, 5.41) is 9.81. The fourth-order valence-corrected chi connectivity index (χ4v) is 1.89. The Hall–Kier alpha value is -2.07. The molecule has 0 amide bonds. The Morgan fingerprint density at radius 2 is 2.06 bits per heavy atom. The van der Waals surface area contributed by atoms with Crippen LogP contribution in [0.4, 0.5) is 0 Å². The minimum Gasteiger partial charge on any atom is -0.385 e. The summed E-state index contributed by atoms with van der Waals surface area (Å²) in [6.45, 7) is 4.60. The van der Waals surface area contributed by atoms with Gasteiger partial charge in [-0.25, -0.2) is 4.99 Å². The van der Waals surface area contributed by atoms with E-state index in [-0.39, 0.29) is 5.84 Å². The Labute approximate surface area is 107 Å². The molecule has 0 spiro atoms. The zero-order valence-electron chi connectivity index (χ0n) is 10.4. The highest BCUT2D eigenvalue weighted by molar-refractivity contribution is 5.90. The van der Waals surface area contributed by atoms with Crippen LogP contribution in [0.5, 0.6) is 0 Å². The van der Waals surface area contributed by atoms with Crippen molar-refractivity contribution in [3.63, 3.8) is 0 Å². The monoisotopic (exact) mass is 243 g/mol. The third-order valence-electron chi connectivity index (χ3n) is 2.95. The van der Waals surface area contributed by atoms with Crippen LogP contribution in [-0.4, -0.2) is 29.0 Å². The van der Waals surface area contributed by atoms with Gasteiger partial charge in [-0.3, -0.25) is 0 Å². The molecule has 0 fully saturated rings. The highest BCUT2D eigenvalue weighted by Crippen LogP contribution is 2.21. The average molecular weight is 243 g/mol. The number of nitrogens with two attached hydrogens (primary N) is 1. The van der Waals surface area contributed by atoms with Crippen molar-refractivity contribution < 1.29 is 5.11 Å². The highest BCUT2D eigenvalue weighted by atomic mass is 16.3. The first-order valence-corrected chi connectivity index (χ1v) is 5.75. The summed E-state index contributed by atoms with van der Waals surface area (Å²) in [4.78, 5) is 5.98. The molecule has 1 heterocycles. The van der Waals surface area contributed by atoms with Gasteiger partial charge in [-0.1, -0.05) is 36.9 Å². The van der Waals surface area contributed by atoms with Gasteiger partial charge in [0.25, 0.3) is 0 Å². The largest absolute Gasteiger partial charge is 0.385 e. The molecule has 1 aliphatic rings. The summed E-state index contributed by atoms with van der Waals surface area (Å²) >= 11 is 0. The number of hydrogen-bond donors (Lipinski definition) is 2. The van der Waals surface area contributed by atoms with Gasteiger partial charge in [0.2, 0.25) is 0 Å². The van der Waals surface area contributed by atoms with Gasteiger partial charge in [-0.15, -0.1) is 0 Å². The minimum atomic E-state index is -0.886. The second kappa shape index (κ2) is 5.06. The molecule has 94 valence electrons. The molecule has 1 atom stereocenters. The van der Waals surface area contributed by atoms with E-state index in [0.29, 0.717) is 5.57 Å². The fraction of sp³-hybridized carbons (Fsp3) is 0.214. The number of nitrogens with zero attached hydrogens (tertiary/aromatic N) is 2. The first-order chi connectivity index (χ1) is 8.59. The Balaban J connectivity index is 2.15. The molecule has 0 aliphatic carbocycles. The highest BCUT2D eigenvalue weighted by Gasteiger charge is 2.22. The van der Waals surface area contributed by atoms with Crippen LogP contribution >= 0.6 is 0 Å². The maximum absolute atomic E-state index is 9.81. The number of aliphatic hydroxyl groups excluding tert-OH is 1. The van der Waals surface area contributed by atoms with Crippen LogP contribution in [-0.2, 0) is 6.54 Å². The summed E-state index contributed by atoms with van der Waals surface area (Å²) < 4.78 is 0. The Kier molecular flexibility index (Phi) is 3.48. The number of benzene rings is 1. The smallest absolute Gasteiger partial charge is 0.137 e. The lowest BCUT2D eigenvalue weighted by molar-refractivity contribution is 0.266. The third kappa shape index (κ3) is 2.43. The van der Waals surface area contributed by atoms with Crippen molar-refractivity contribution >= 4 is 5.84 Å². The molecule has 4 nitrogen and oxygen atoms in total. The maximum Gasteiger partial charge on any atom is 0.137 e. The standard InChI is InChI=1S/C14H17N3O/c1-10-12(8-16-14(15)13(10)18)17(2)9-11-6-4-3-5-7-11/h3-8,13,18H,1,9H2,2H3,(H2,15,16). The predicted octanol–water partition coefficient (Wildman–Crippen LogP) is 1.25. The van der Waals surface area contributed by atoms with Gasteiger partial charge in [0.1, 0.15) is 11.9 Å². The van der Waals surface area contributed by atoms with Crippen molar-refractivity contribution in [2.24, 2.45) is 10.7 Å². The molecule has 3 N–H and O–H groups in total. The Bertz CT molecular complexity index is 505. The summed E-state index contributed by atoms with van der Waals surface area (Å²) in [5.41, 5.74) is 8.14. The van der Waals surface area contributed by atoms with Crippen molar-refractivity contribution in [1.29, 1.82) is 0 Å². The van der Waals surface area contributed by atoms with Gasteiger partial charge in [0.05, 0.1) is 11.9 Å². The SMILES string of the molecule is C=C1C(N(C)Cc2ccccc2)=CN=C(N)C1O. The topological polar surface area (TPSA) is 61.8 Å². The molecule has 0 saturated carbocycles. The van der Waals surface area contributed by atoms with E-state index in [9.17, 15) is 5.11 Å². The first kappa shape index (κ1) is 12.4. The lowest BCUT2D eigenvalue weighted by atomic mass is 10.0. The first-order valence-electron chi connectivity index (χ1n) is 5.75. The number of hydrogen-bond acceptors (Lipinski definition) is 4. The van der Waals surface area contributed by atoms with Gasteiger partial charge in [-0.05, 0) is 5.56 Å². The van der Waals surface area contributed by atoms with Gasteiger partial charge in [0, 0.05) is 19.2 Å². The molecule has 4 heteroatoms. The van der Waals surface area contributed by atoms with Gasteiger partial charge in [-0.2, -0.15) is 0 Å². The van der Waals surface area contributed by atoms with Gasteiger partial charge >= 0.3 is 0 Å². The van der Waals surface area contributed by atoms with Crippen LogP contribution < -0.4 is 5.73 Å².